The molecule has 21 heavy (non-hydrogen) atoms. The third-order valence-electron chi connectivity index (χ3n) is 4.00. The van der Waals surface area contributed by atoms with E-state index in [-0.39, 0.29) is 5.82 Å². The Morgan fingerprint density at radius 3 is 2.71 bits per heavy atom. The van der Waals surface area contributed by atoms with Gasteiger partial charge in [-0.15, -0.1) is 0 Å². The van der Waals surface area contributed by atoms with Crippen LogP contribution in [0, 0.1) is 5.82 Å². The summed E-state index contributed by atoms with van der Waals surface area (Å²) >= 11 is 0. The number of halogens is 1. The predicted octanol–water partition coefficient (Wildman–Crippen LogP) is 3.39. The van der Waals surface area contributed by atoms with Crippen molar-refractivity contribution in [2.45, 2.75) is 57.4 Å². The molecular formula is C17H26FN3. The van der Waals surface area contributed by atoms with E-state index in [9.17, 15) is 4.39 Å². The summed E-state index contributed by atoms with van der Waals surface area (Å²) < 4.78 is 13.0. The number of nitrogens with zero attached hydrogens (tertiary/aromatic N) is 1. The van der Waals surface area contributed by atoms with E-state index in [1.165, 1.54) is 44.6 Å². The first-order valence-electron chi connectivity index (χ1n) is 8.05. The van der Waals surface area contributed by atoms with E-state index in [0.717, 1.165) is 18.4 Å². The fourth-order valence-electron chi connectivity index (χ4n) is 2.85. The van der Waals surface area contributed by atoms with Crippen LogP contribution in [-0.2, 0) is 6.42 Å². The van der Waals surface area contributed by atoms with Crippen LogP contribution in [0.1, 0.15) is 50.5 Å². The molecule has 2 rings (SSSR count). The average Bonchev–Trinajstić information content (AvgIpc) is 2.72. The highest BCUT2D eigenvalue weighted by atomic mass is 19.1. The van der Waals surface area contributed by atoms with Crippen LogP contribution in [0.3, 0.4) is 0 Å². The number of aliphatic imine (C=N–C) groups is 1. The SMILES string of the molecule is NC(=NCCCc1cccc(F)c1)NC1CCCCCC1. The molecule has 0 saturated heterocycles. The molecule has 0 amide bonds. The van der Waals surface area contributed by atoms with Gasteiger partial charge >= 0.3 is 0 Å². The van der Waals surface area contributed by atoms with E-state index in [0.29, 0.717) is 18.5 Å². The molecule has 1 aliphatic rings. The van der Waals surface area contributed by atoms with Gasteiger partial charge in [-0.2, -0.15) is 0 Å². The van der Waals surface area contributed by atoms with Crippen molar-refractivity contribution in [2.75, 3.05) is 6.54 Å². The van der Waals surface area contributed by atoms with E-state index >= 15 is 0 Å². The number of nitrogens with two attached hydrogens (primary N) is 1. The molecule has 0 spiro atoms. The van der Waals surface area contributed by atoms with Crippen molar-refractivity contribution in [3.63, 3.8) is 0 Å². The highest BCUT2D eigenvalue weighted by molar-refractivity contribution is 5.78. The molecule has 1 aliphatic carbocycles. The molecule has 0 atom stereocenters. The van der Waals surface area contributed by atoms with Gasteiger partial charge in [0.05, 0.1) is 0 Å². The van der Waals surface area contributed by atoms with Gasteiger partial charge in [0.25, 0.3) is 0 Å². The molecular weight excluding hydrogens is 265 g/mol. The lowest BCUT2D eigenvalue weighted by molar-refractivity contribution is 0.530. The van der Waals surface area contributed by atoms with E-state index in [1.54, 1.807) is 12.1 Å². The van der Waals surface area contributed by atoms with Crippen LogP contribution < -0.4 is 11.1 Å². The number of nitrogens with one attached hydrogen (secondary N) is 1. The topological polar surface area (TPSA) is 50.4 Å². The normalized spacial score (nSPS) is 17.5. The number of aryl methyl sites for hydroxylation is 1. The van der Waals surface area contributed by atoms with Crippen molar-refractivity contribution >= 4 is 5.96 Å². The monoisotopic (exact) mass is 291 g/mol. The van der Waals surface area contributed by atoms with Gasteiger partial charge in [-0.1, -0.05) is 37.8 Å². The Morgan fingerprint density at radius 2 is 2.00 bits per heavy atom. The standard InChI is InChI=1S/C17H26FN3/c18-15-9-5-7-14(13-15)8-6-12-20-17(19)21-16-10-3-1-2-4-11-16/h5,7,9,13,16H,1-4,6,8,10-12H2,(H3,19,20,21). The maximum Gasteiger partial charge on any atom is 0.188 e. The van der Waals surface area contributed by atoms with Gasteiger partial charge in [0.15, 0.2) is 5.96 Å². The highest BCUT2D eigenvalue weighted by Crippen LogP contribution is 2.16. The van der Waals surface area contributed by atoms with Gasteiger partial charge in [0.1, 0.15) is 5.82 Å². The molecule has 0 heterocycles. The molecule has 0 radical (unpaired) electrons. The Bertz CT molecular complexity index is 451. The van der Waals surface area contributed by atoms with Gasteiger partial charge in [0.2, 0.25) is 0 Å². The zero-order chi connectivity index (χ0) is 14.9. The lowest BCUT2D eigenvalue weighted by Crippen LogP contribution is -2.39. The van der Waals surface area contributed by atoms with Crippen LogP contribution in [0.2, 0.25) is 0 Å². The Hall–Kier alpha value is -1.58. The molecule has 0 aliphatic heterocycles. The fraction of sp³-hybridized carbons (Fsp3) is 0.588. The molecule has 1 saturated carbocycles. The smallest absolute Gasteiger partial charge is 0.188 e. The minimum atomic E-state index is -0.175. The highest BCUT2D eigenvalue weighted by Gasteiger charge is 2.11. The van der Waals surface area contributed by atoms with E-state index in [4.69, 9.17) is 5.73 Å². The fourth-order valence-corrected chi connectivity index (χ4v) is 2.85. The molecule has 116 valence electrons. The molecule has 0 bridgehead atoms. The Labute approximate surface area is 126 Å². The number of guanidine groups is 1. The Balaban J connectivity index is 1.68. The first-order valence-corrected chi connectivity index (χ1v) is 8.05. The summed E-state index contributed by atoms with van der Waals surface area (Å²) in [6.45, 7) is 0.683. The molecule has 4 heteroatoms. The maximum absolute atomic E-state index is 13.0. The molecule has 1 aromatic rings. The summed E-state index contributed by atoms with van der Waals surface area (Å²) in [5, 5.41) is 3.33. The van der Waals surface area contributed by atoms with Crippen LogP contribution >= 0.6 is 0 Å². The lowest BCUT2D eigenvalue weighted by atomic mass is 10.1. The van der Waals surface area contributed by atoms with Gasteiger partial charge in [0, 0.05) is 12.6 Å². The number of benzene rings is 1. The number of rotatable bonds is 5. The second-order valence-electron chi connectivity index (χ2n) is 5.83. The first-order chi connectivity index (χ1) is 10.2. The third kappa shape index (κ3) is 6.15. The molecule has 0 aromatic heterocycles. The van der Waals surface area contributed by atoms with Gasteiger partial charge in [-0.3, -0.25) is 4.99 Å². The Kier molecular flexibility index (Phi) is 6.51. The lowest BCUT2D eigenvalue weighted by Gasteiger charge is -2.16. The Morgan fingerprint density at radius 1 is 1.24 bits per heavy atom. The van der Waals surface area contributed by atoms with Crippen molar-refractivity contribution in [2.24, 2.45) is 10.7 Å². The second-order valence-corrected chi connectivity index (χ2v) is 5.83. The second kappa shape index (κ2) is 8.65. The van der Waals surface area contributed by atoms with Crippen molar-refractivity contribution in [1.29, 1.82) is 0 Å². The summed E-state index contributed by atoms with van der Waals surface area (Å²) in [7, 11) is 0. The third-order valence-corrected chi connectivity index (χ3v) is 4.00. The van der Waals surface area contributed by atoms with Crippen LogP contribution in [-0.4, -0.2) is 18.5 Å². The molecule has 3 N–H and O–H groups in total. The van der Waals surface area contributed by atoms with Crippen LogP contribution in [0.4, 0.5) is 4.39 Å². The van der Waals surface area contributed by atoms with E-state index in [2.05, 4.69) is 10.3 Å². The average molecular weight is 291 g/mol. The van der Waals surface area contributed by atoms with Crippen LogP contribution in [0.15, 0.2) is 29.3 Å². The number of hydrogen-bond acceptors (Lipinski definition) is 1. The zero-order valence-electron chi connectivity index (χ0n) is 12.7. The molecule has 3 nitrogen and oxygen atoms in total. The summed E-state index contributed by atoms with van der Waals surface area (Å²) in [4.78, 5) is 4.38. The molecule has 1 fully saturated rings. The van der Waals surface area contributed by atoms with Crippen molar-refractivity contribution in [3.8, 4) is 0 Å². The maximum atomic E-state index is 13.0. The van der Waals surface area contributed by atoms with Gasteiger partial charge in [-0.25, -0.2) is 4.39 Å². The van der Waals surface area contributed by atoms with Gasteiger partial charge in [-0.05, 0) is 43.4 Å². The predicted molar refractivity (Wildman–Crippen MR) is 85.8 cm³/mol. The quantitative estimate of drug-likeness (QED) is 0.378. The first kappa shape index (κ1) is 15.8. The zero-order valence-corrected chi connectivity index (χ0v) is 12.7. The minimum absolute atomic E-state index is 0.175. The summed E-state index contributed by atoms with van der Waals surface area (Å²) in [5.41, 5.74) is 6.95. The van der Waals surface area contributed by atoms with E-state index < -0.39 is 0 Å². The van der Waals surface area contributed by atoms with Crippen molar-refractivity contribution in [1.82, 2.24) is 5.32 Å². The van der Waals surface area contributed by atoms with E-state index in [1.807, 2.05) is 6.07 Å². The minimum Gasteiger partial charge on any atom is -0.370 e. The van der Waals surface area contributed by atoms with Crippen LogP contribution in [0.25, 0.3) is 0 Å². The summed E-state index contributed by atoms with van der Waals surface area (Å²) in [6, 6.07) is 7.22. The molecule has 0 unspecified atom stereocenters. The van der Waals surface area contributed by atoms with Crippen molar-refractivity contribution in [3.05, 3.63) is 35.6 Å². The van der Waals surface area contributed by atoms with Gasteiger partial charge < -0.3 is 11.1 Å². The summed E-state index contributed by atoms with van der Waals surface area (Å²) in [5.74, 6) is 0.381. The largest absolute Gasteiger partial charge is 0.370 e. The molecule has 1 aromatic carbocycles. The van der Waals surface area contributed by atoms with Crippen molar-refractivity contribution < 1.29 is 4.39 Å². The number of hydrogen-bond donors (Lipinski definition) is 2. The van der Waals surface area contributed by atoms with Crippen LogP contribution in [0.5, 0.6) is 0 Å². The summed E-state index contributed by atoms with van der Waals surface area (Å²) in [6.07, 6.45) is 9.34.